The molecule has 0 aromatic heterocycles. The van der Waals surface area contributed by atoms with Crippen LogP contribution in [0.4, 0.5) is 5.69 Å². The van der Waals surface area contributed by atoms with Gasteiger partial charge in [0.2, 0.25) is 26.0 Å². The van der Waals surface area contributed by atoms with Gasteiger partial charge in [-0.3, -0.25) is 4.79 Å². The summed E-state index contributed by atoms with van der Waals surface area (Å²) in [5.41, 5.74) is 1.76. The third-order valence-corrected chi connectivity index (χ3v) is 6.86. The summed E-state index contributed by atoms with van der Waals surface area (Å²) in [6.07, 6.45) is 4.35. The lowest BCUT2D eigenvalue weighted by Crippen LogP contribution is -2.25. The highest BCUT2D eigenvalue weighted by Crippen LogP contribution is 2.13. The lowest BCUT2D eigenvalue weighted by Gasteiger charge is -2.07. The van der Waals surface area contributed by atoms with Gasteiger partial charge in [-0.2, -0.15) is 0 Å². The Kier molecular flexibility index (Phi) is 8.69. The molecule has 8 nitrogen and oxygen atoms in total. The van der Waals surface area contributed by atoms with E-state index in [1.165, 1.54) is 24.3 Å². The van der Waals surface area contributed by atoms with E-state index in [2.05, 4.69) is 21.3 Å². The van der Waals surface area contributed by atoms with E-state index in [0.717, 1.165) is 0 Å². The van der Waals surface area contributed by atoms with Gasteiger partial charge in [-0.1, -0.05) is 37.3 Å². The van der Waals surface area contributed by atoms with Crippen LogP contribution in [0, 0.1) is 0 Å². The van der Waals surface area contributed by atoms with E-state index < -0.39 is 20.0 Å². The van der Waals surface area contributed by atoms with Crippen molar-refractivity contribution in [3.63, 3.8) is 0 Å². The molecule has 10 heteroatoms. The van der Waals surface area contributed by atoms with Crippen LogP contribution in [0.5, 0.6) is 0 Å². The molecule has 2 aromatic carbocycles. The highest BCUT2D eigenvalue weighted by Gasteiger charge is 2.12. The Balaban J connectivity index is 1.95. The van der Waals surface area contributed by atoms with Gasteiger partial charge < -0.3 is 5.32 Å². The van der Waals surface area contributed by atoms with Crippen LogP contribution in [0.1, 0.15) is 18.1 Å². The fraction of sp³-hybridized carbons (Fsp3) is 0.190. The maximum atomic E-state index is 12.1. The van der Waals surface area contributed by atoms with Gasteiger partial charge in [0.25, 0.3) is 0 Å². The molecule has 0 fully saturated rings. The number of benzene rings is 2. The molecule has 0 spiro atoms. The number of hydrogen-bond acceptors (Lipinski definition) is 5. The van der Waals surface area contributed by atoms with E-state index in [0.29, 0.717) is 23.4 Å². The molecular formula is C21H25N3O5S2. The molecule has 31 heavy (non-hydrogen) atoms. The quantitative estimate of drug-likeness (QED) is 0.349. The highest BCUT2D eigenvalue weighted by molar-refractivity contribution is 7.89. The fourth-order valence-electron chi connectivity index (χ4n) is 2.53. The van der Waals surface area contributed by atoms with E-state index in [-0.39, 0.29) is 23.1 Å². The van der Waals surface area contributed by atoms with E-state index in [9.17, 15) is 21.6 Å². The maximum absolute atomic E-state index is 12.1. The average molecular weight is 464 g/mol. The topological polar surface area (TPSA) is 121 Å². The van der Waals surface area contributed by atoms with Gasteiger partial charge in [0, 0.05) is 24.9 Å². The third kappa shape index (κ3) is 8.10. The molecule has 0 saturated heterocycles. The molecule has 0 aliphatic heterocycles. The summed E-state index contributed by atoms with van der Waals surface area (Å²) in [6.45, 7) is 5.63. The van der Waals surface area contributed by atoms with Crippen molar-refractivity contribution in [2.45, 2.75) is 17.6 Å². The van der Waals surface area contributed by atoms with Crippen LogP contribution < -0.4 is 14.8 Å². The molecule has 0 radical (unpaired) electrons. The Hall–Kier alpha value is -2.79. The molecule has 0 aliphatic carbocycles. The van der Waals surface area contributed by atoms with Crippen LogP contribution in [0.25, 0.3) is 6.08 Å². The zero-order valence-corrected chi connectivity index (χ0v) is 18.7. The molecule has 0 saturated carbocycles. The molecular weight excluding hydrogens is 438 g/mol. The monoisotopic (exact) mass is 463 g/mol. The predicted octanol–water partition coefficient (Wildman–Crippen LogP) is 2.24. The molecule has 0 heterocycles. The molecule has 0 unspecified atom stereocenters. The first-order valence-corrected chi connectivity index (χ1v) is 12.5. The van der Waals surface area contributed by atoms with Gasteiger partial charge in [0.05, 0.1) is 10.6 Å². The first kappa shape index (κ1) is 24.5. The van der Waals surface area contributed by atoms with E-state index in [1.807, 2.05) is 0 Å². The zero-order valence-electron chi connectivity index (χ0n) is 17.0. The SMILES string of the molecule is C=CCNS(=O)(=O)Cc1ccc(NC(=O)/C=C/c2ccc(S(=O)(=O)NCC)cc2)cc1. The van der Waals surface area contributed by atoms with Gasteiger partial charge in [-0.15, -0.1) is 6.58 Å². The van der Waals surface area contributed by atoms with Crippen LogP contribution in [-0.4, -0.2) is 35.8 Å². The van der Waals surface area contributed by atoms with Gasteiger partial charge >= 0.3 is 0 Å². The van der Waals surface area contributed by atoms with Crippen molar-refractivity contribution in [3.8, 4) is 0 Å². The maximum Gasteiger partial charge on any atom is 0.248 e. The fourth-order valence-corrected chi connectivity index (χ4v) is 4.67. The van der Waals surface area contributed by atoms with Crippen LogP contribution >= 0.6 is 0 Å². The van der Waals surface area contributed by atoms with Crippen molar-refractivity contribution >= 4 is 37.7 Å². The van der Waals surface area contributed by atoms with E-state index in [4.69, 9.17) is 0 Å². The Bertz CT molecular complexity index is 1140. The minimum atomic E-state index is -3.52. The third-order valence-electron chi connectivity index (χ3n) is 3.98. The van der Waals surface area contributed by atoms with E-state index in [1.54, 1.807) is 49.4 Å². The van der Waals surface area contributed by atoms with Crippen molar-refractivity contribution < 1.29 is 21.6 Å². The van der Waals surface area contributed by atoms with Crippen molar-refractivity contribution in [1.82, 2.24) is 9.44 Å². The Morgan fingerprint density at radius 3 is 2.19 bits per heavy atom. The number of carbonyl (C=O) groups is 1. The Morgan fingerprint density at radius 2 is 1.61 bits per heavy atom. The standard InChI is InChI=1S/C21H25N3O5S2/c1-3-15-23-30(26,27)16-18-5-10-19(11-6-18)24-21(25)14-9-17-7-12-20(13-8-17)31(28,29)22-4-2/h3,5-14,22-23H,1,4,15-16H2,2H3,(H,24,25)/b14-9+. The van der Waals surface area contributed by atoms with Gasteiger partial charge in [0.15, 0.2) is 0 Å². The van der Waals surface area contributed by atoms with E-state index >= 15 is 0 Å². The number of rotatable bonds is 11. The second-order valence-electron chi connectivity index (χ2n) is 6.49. The minimum absolute atomic E-state index is 0.151. The summed E-state index contributed by atoms with van der Waals surface area (Å²) >= 11 is 0. The largest absolute Gasteiger partial charge is 0.323 e. The van der Waals surface area contributed by atoms with Crippen LogP contribution in [-0.2, 0) is 30.6 Å². The van der Waals surface area contributed by atoms with Crippen LogP contribution in [0.2, 0.25) is 0 Å². The second-order valence-corrected chi connectivity index (χ2v) is 10.1. The summed E-state index contributed by atoms with van der Waals surface area (Å²) in [7, 11) is -6.97. The molecule has 2 rings (SSSR count). The number of amides is 1. The van der Waals surface area contributed by atoms with Crippen molar-refractivity contribution in [2.75, 3.05) is 18.4 Å². The Morgan fingerprint density at radius 1 is 0.968 bits per heavy atom. The number of anilines is 1. The van der Waals surface area contributed by atoms with Crippen molar-refractivity contribution in [3.05, 3.63) is 78.4 Å². The summed E-state index contributed by atoms with van der Waals surface area (Å²) in [6, 6.07) is 12.6. The first-order valence-electron chi connectivity index (χ1n) is 9.41. The molecule has 1 amide bonds. The lowest BCUT2D eigenvalue weighted by atomic mass is 10.2. The summed E-state index contributed by atoms with van der Waals surface area (Å²) in [5, 5.41) is 2.68. The first-order chi connectivity index (χ1) is 14.6. The van der Waals surface area contributed by atoms with Gasteiger partial charge in [0.1, 0.15) is 0 Å². The smallest absolute Gasteiger partial charge is 0.248 e. The molecule has 166 valence electrons. The lowest BCUT2D eigenvalue weighted by molar-refractivity contribution is -0.111. The molecule has 3 N–H and O–H groups in total. The molecule has 0 bridgehead atoms. The average Bonchev–Trinajstić information content (AvgIpc) is 2.72. The van der Waals surface area contributed by atoms with Crippen molar-refractivity contribution in [2.24, 2.45) is 0 Å². The number of hydrogen-bond donors (Lipinski definition) is 3. The highest BCUT2D eigenvalue weighted by atomic mass is 32.2. The number of carbonyl (C=O) groups excluding carboxylic acids is 1. The van der Waals surface area contributed by atoms with Crippen LogP contribution in [0.3, 0.4) is 0 Å². The number of sulfonamides is 2. The molecule has 2 aromatic rings. The minimum Gasteiger partial charge on any atom is -0.323 e. The van der Waals surface area contributed by atoms with Crippen LogP contribution in [0.15, 0.2) is 72.2 Å². The summed E-state index contributed by atoms with van der Waals surface area (Å²) < 4.78 is 52.4. The Labute approximate surface area is 183 Å². The molecule has 0 atom stereocenters. The second kappa shape index (κ2) is 11.0. The van der Waals surface area contributed by atoms with Crippen molar-refractivity contribution in [1.29, 1.82) is 0 Å². The normalized spacial score (nSPS) is 12.0. The van der Waals surface area contributed by atoms with Gasteiger partial charge in [-0.25, -0.2) is 26.3 Å². The number of nitrogens with one attached hydrogen (secondary N) is 3. The summed E-state index contributed by atoms with van der Waals surface area (Å²) in [5.74, 6) is -0.550. The zero-order chi connectivity index (χ0) is 22.9. The summed E-state index contributed by atoms with van der Waals surface area (Å²) in [4.78, 5) is 12.3. The molecule has 0 aliphatic rings. The van der Waals surface area contributed by atoms with Gasteiger partial charge in [-0.05, 0) is 41.5 Å². The predicted molar refractivity (Wildman–Crippen MR) is 122 cm³/mol.